The summed E-state index contributed by atoms with van der Waals surface area (Å²) < 4.78 is 5.23. The standard InChI is InChI=1S/C22H21N3O3/c26-21(24-18-12-6-10-15-7-4-5-11-17(15)18)14-23-22(27)19-13-20(28-25-19)16-8-2-1-3-9-16/h1-5,7-9,11,13,18H,6,10,12,14H2,(H,23,27)(H,24,26). The molecule has 0 fully saturated rings. The number of hydrogen-bond donors (Lipinski definition) is 2. The van der Waals surface area contributed by atoms with Gasteiger partial charge in [0.1, 0.15) is 0 Å². The number of nitrogens with zero attached hydrogens (tertiary/aromatic N) is 1. The summed E-state index contributed by atoms with van der Waals surface area (Å²) in [5.41, 5.74) is 3.42. The van der Waals surface area contributed by atoms with Gasteiger partial charge in [0, 0.05) is 11.6 Å². The number of aryl methyl sites for hydroxylation is 1. The van der Waals surface area contributed by atoms with E-state index < -0.39 is 5.91 Å². The highest BCUT2D eigenvalue weighted by molar-refractivity contribution is 5.95. The molecule has 4 rings (SSSR count). The maximum Gasteiger partial charge on any atom is 0.273 e. The van der Waals surface area contributed by atoms with Crippen LogP contribution in [0.15, 0.2) is 65.2 Å². The van der Waals surface area contributed by atoms with Gasteiger partial charge in [0.05, 0.1) is 12.6 Å². The third-order valence-corrected chi connectivity index (χ3v) is 4.92. The van der Waals surface area contributed by atoms with E-state index in [0.29, 0.717) is 5.76 Å². The highest BCUT2D eigenvalue weighted by atomic mass is 16.5. The SMILES string of the molecule is O=C(CNC(=O)c1cc(-c2ccccc2)on1)NC1CCCc2ccccc21. The van der Waals surface area contributed by atoms with Crippen LogP contribution >= 0.6 is 0 Å². The fourth-order valence-electron chi connectivity index (χ4n) is 3.52. The van der Waals surface area contributed by atoms with Crippen molar-refractivity contribution in [2.24, 2.45) is 0 Å². The average Bonchev–Trinajstić information content (AvgIpc) is 3.23. The van der Waals surface area contributed by atoms with E-state index in [0.717, 1.165) is 30.4 Å². The quantitative estimate of drug-likeness (QED) is 0.717. The fourth-order valence-corrected chi connectivity index (χ4v) is 3.52. The van der Waals surface area contributed by atoms with E-state index in [-0.39, 0.29) is 24.2 Å². The summed E-state index contributed by atoms with van der Waals surface area (Å²) in [6.45, 7) is -0.106. The lowest BCUT2D eigenvalue weighted by molar-refractivity contribution is -0.121. The molecular weight excluding hydrogens is 354 g/mol. The van der Waals surface area contributed by atoms with Gasteiger partial charge >= 0.3 is 0 Å². The molecule has 1 aliphatic rings. The Bertz CT molecular complexity index is 981. The summed E-state index contributed by atoms with van der Waals surface area (Å²) in [7, 11) is 0. The number of amides is 2. The second-order valence-electron chi connectivity index (χ2n) is 6.84. The van der Waals surface area contributed by atoms with E-state index in [9.17, 15) is 9.59 Å². The van der Waals surface area contributed by atoms with Gasteiger partial charge in [0.15, 0.2) is 11.5 Å². The average molecular weight is 375 g/mol. The fraction of sp³-hybridized carbons (Fsp3) is 0.227. The molecule has 0 saturated heterocycles. The first-order chi connectivity index (χ1) is 13.7. The van der Waals surface area contributed by atoms with Crippen LogP contribution in [-0.4, -0.2) is 23.5 Å². The Morgan fingerprint density at radius 3 is 2.71 bits per heavy atom. The Morgan fingerprint density at radius 1 is 1.07 bits per heavy atom. The second-order valence-corrected chi connectivity index (χ2v) is 6.84. The molecule has 2 N–H and O–H groups in total. The Labute approximate surface area is 162 Å². The molecule has 142 valence electrons. The molecule has 3 aromatic rings. The van der Waals surface area contributed by atoms with Gasteiger partial charge in [-0.05, 0) is 30.4 Å². The van der Waals surface area contributed by atoms with Crippen LogP contribution in [0.25, 0.3) is 11.3 Å². The van der Waals surface area contributed by atoms with Crippen molar-refractivity contribution in [1.82, 2.24) is 15.8 Å². The number of fused-ring (bicyclic) bond motifs is 1. The van der Waals surface area contributed by atoms with E-state index in [1.165, 1.54) is 5.56 Å². The molecule has 0 saturated carbocycles. The summed E-state index contributed by atoms with van der Waals surface area (Å²) in [6, 6.07) is 19.1. The zero-order chi connectivity index (χ0) is 19.3. The Hall–Kier alpha value is -3.41. The molecule has 1 aliphatic carbocycles. The van der Waals surface area contributed by atoms with E-state index in [4.69, 9.17) is 4.52 Å². The number of carbonyl (C=O) groups is 2. The Morgan fingerprint density at radius 2 is 1.86 bits per heavy atom. The van der Waals surface area contributed by atoms with Crippen molar-refractivity contribution in [2.45, 2.75) is 25.3 Å². The molecule has 1 aromatic heterocycles. The van der Waals surface area contributed by atoms with Crippen molar-refractivity contribution in [2.75, 3.05) is 6.54 Å². The largest absolute Gasteiger partial charge is 0.355 e. The predicted octanol–water partition coefficient (Wildman–Crippen LogP) is 3.27. The van der Waals surface area contributed by atoms with Crippen molar-refractivity contribution in [3.8, 4) is 11.3 Å². The maximum atomic E-state index is 12.3. The molecule has 1 atom stereocenters. The number of aromatic nitrogens is 1. The molecule has 2 aromatic carbocycles. The van der Waals surface area contributed by atoms with Crippen molar-refractivity contribution < 1.29 is 14.1 Å². The molecule has 2 amide bonds. The van der Waals surface area contributed by atoms with Crippen LogP contribution in [-0.2, 0) is 11.2 Å². The van der Waals surface area contributed by atoms with Crippen LogP contribution in [0.5, 0.6) is 0 Å². The molecule has 1 heterocycles. The summed E-state index contributed by atoms with van der Waals surface area (Å²) in [4.78, 5) is 24.6. The summed E-state index contributed by atoms with van der Waals surface area (Å²) in [5, 5.41) is 9.42. The number of benzene rings is 2. The van der Waals surface area contributed by atoms with Gasteiger partial charge in [0.2, 0.25) is 5.91 Å². The minimum absolute atomic E-state index is 0.00825. The van der Waals surface area contributed by atoms with Crippen LogP contribution in [0.3, 0.4) is 0 Å². The minimum Gasteiger partial charge on any atom is -0.355 e. The topological polar surface area (TPSA) is 84.2 Å². The van der Waals surface area contributed by atoms with Crippen molar-refractivity contribution in [3.05, 3.63) is 77.5 Å². The van der Waals surface area contributed by atoms with Gasteiger partial charge in [-0.1, -0.05) is 59.8 Å². The smallest absolute Gasteiger partial charge is 0.273 e. The van der Waals surface area contributed by atoms with Crippen LogP contribution in [0.2, 0.25) is 0 Å². The number of nitrogens with one attached hydrogen (secondary N) is 2. The highest BCUT2D eigenvalue weighted by Crippen LogP contribution is 2.29. The zero-order valence-corrected chi connectivity index (χ0v) is 15.4. The van der Waals surface area contributed by atoms with Gasteiger partial charge in [-0.15, -0.1) is 0 Å². The maximum absolute atomic E-state index is 12.3. The first kappa shape index (κ1) is 18.0. The number of hydrogen-bond acceptors (Lipinski definition) is 4. The van der Waals surface area contributed by atoms with E-state index in [1.807, 2.05) is 42.5 Å². The lowest BCUT2D eigenvalue weighted by Crippen LogP contribution is -2.39. The van der Waals surface area contributed by atoms with Crippen molar-refractivity contribution >= 4 is 11.8 Å². The molecule has 28 heavy (non-hydrogen) atoms. The molecule has 0 radical (unpaired) electrons. The van der Waals surface area contributed by atoms with Gasteiger partial charge in [-0.3, -0.25) is 9.59 Å². The van der Waals surface area contributed by atoms with E-state index >= 15 is 0 Å². The number of rotatable bonds is 5. The normalized spacial score (nSPS) is 15.5. The molecular formula is C22H21N3O3. The predicted molar refractivity (Wildman–Crippen MR) is 105 cm³/mol. The van der Waals surface area contributed by atoms with Crippen LogP contribution in [0.4, 0.5) is 0 Å². The third kappa shape index (κ3) is 3.96. The van der Waals surface area contributed by atoms with E-state index in [1.54, 1.807) is 6.07 Å². The van der Waals surface area contributed by atoms with Gasteiger partial charge in [-0.2, -0.15) is 0 Å². The van der Waals surface area contributed by atoms with Gasteiger partial charge in [0.25, 0.3) is 5.91 Å². The van der Waals surface area contributed by atoms with Crippen molar-refractivity contribution in [3.63, 3.8) is 0 Å². The zero-order valence-electron chi connectivity index (χ0n) is 15.4. The molecule has 6 nitrogen and oxygen atoms in total. The van der Waals surface area contributed by atoms with Crippen LogP contribution in [0.1, 0.15) is 40.5 Å². The Kier molecular flexibility index (Phi) is 5.19. The minimum atomic E-state index is -0.440. The second kappa shape index (κ2) is 8.08. The lowest BCUT2D eigenvalue weighted by Gasteiger charge is -2.26. The van der Waals surface area contributed by atoms with Gasteiger partial charge < -0.3 is 15.2 Å². The van der Waals surface area contributed by atoms with Gasteiger partial charge in [-0.25, -0.2) is 0 Å². The molecule has 0 spiro atoms. The summed E-state index contributed by atoms with van der Waals surface area (Å²) in [5.74, 6) is -0.152. The number of carbonyl (C=O) groups excluding carboxylic acids is 2. The summed E-state index contributed by atoms with van der Waals surface area (Å²) >= 11 is 0. The highest BCUT2D eigenvalue weighted by Gasteiger charge is 2.22. The first-order valence-electron chi connectivity index (χ1n) is 9.38. The van der Waals surface area contributed by atoms with Crippen LogP contribution in [0, 0.1) is 0 Å². The lowest BCUT2D eigenvalue weighted by atomic mass is 9.88. The monoisotopic (exact) mass is 375 g/mol. The van der Waals surface area contributed by atoms with Crippen LogP contribution < -0.4 is 10.6 Å². The van der Waals surface area contributed by atoms with Crippen molar-refractivity contribution in [1.29, 1.82) is 0 Å². The molecule has 6 heteroatoms. The molecule has 0 bridgehead atoms. The first-order valence-corrected chi connectivity index (χ1v) is 9.38. The third-order valence-electron chi connectivity index (χ3n) is 4.92. The summed E-state index contributed by atoms with van der Waals surface area (Å²) in [6.07, 6.45) is 2.98. The molecule has 1 unspecified atom stereocenters. The van der Waals surface area contributed by atoms with E-state index in [2.05, 4.69) is 27.9 Å². The molecule has 0 aliphatic heterocycles. The Balaban J connectivity index is 1.33.